The third-order valence-corrected chi connectivity index (χ3v) is 13.8. The van der Waals surface area contributed by atoms with Gasteiger partial charge in [0.05, 0.1) is 23.8 Å². The first-order valence-corrected chi connectivity index (χ1v) is 23.7. The van der Waals surface area contributed by atoms with Crippen molar-refractivity contribution in [3.8, 4) is 5.75 Å². The lowest BCUT2D eigenvalue weighted by Crippen LogP contribution is -2.56. The highest BCUT2D eigenvalue weighted by atomic mass is 32.2. The summed E-state index contributed by atoms with van der Waals surface area (Å²) in [7, 11) is -6.65. The summed E-state index contributed by atoms with van der Waals surface area (Å²) in [5.41, 5.74) is 9.52. The maximum atomic E-state index is 14.3. The minimum Gasteiger partial charge on any atom is -0.496 e. The summed E-state index contributed by atoms with van der Waals surface area (Å²) >= 11 is 1.18. The second kappa shape index (κ2) is 21.9. The molecule has 5 rings (SSSR count). The van der Waals surface area contributed by atoms with Crippen LogP contribution in [0.4, 0.5) is 0 Å². The molecule has 330 valence electrons. The number of hydrogen-bond acceptors (Lipinski definition) is 12. The Bertz CT molecular complexity index is 2510. The molecule has 7 N–H and O–H groups in total. The summed E-state index contributed by atoms with van der Waals surface area (Å²) in [5.74, 6) is -1.56. The van der Waals surface area contributed by atoms with Gasteiger partial charge in [-0.3, -0.25) is 19.6 Å². The summed E-state index contributed by atoms with van der Waals surface area (Å²) in [6.07, 6.45) is 3.70. The maximum Gasteiger partial charge on any atom is 0.264 e. The molecule has 3 aromatic carbocycles. The number of methoxy groups -OCH3 is 1. The number of nitrogens with one attached hydrogen (secondary N) is 4. The van der Waals surface area contributed by atoms with Gasteiger partial charge < -0.3 is 26.2 Å². The Balaban J connectivity index is 1.34. The Hall–Kier alpha value is -5.73. The number of sulfonamides is 2. The highest BCUT2D eigenvalue weighted by Crippen LogP contribution is 2.30. The zero-order valence-corrected chi connectivity index (χ0v) is 37.3. The van der Waals surface area contributed by atoms with Crippen molar-refractivity contribution < 1.29 is 36.3 Å². The Kier molecular flexibility index (Phi) is 16.7. The number of aliphatic hydroxyl groups is 1. The first kappa shape index (κ1) is 47.3. The van der Waals surface area contributed by atoms with Gasteiger partial charge in [0.2, 0.25) is 27.8 Å². The fourth-order valence-corrected chi connectivity index (χ4v) is 10.4. The van der Waals surface area contributed by atoms with E-state index < -0.39 is 56.1 Å². The second-order valence-electron chi connectivity index (χ2n) is 14.7. The van der Waals surface area contributed by atoms with Crippen molar-refractivity contribution in [1.29, 1.82) is 0 Å². The summed E-state index contributed by atoms with van der Waals surface area (Å²) in [6, 6.07) is 19.0. The van der Waals surface area contributed by atoms with Crippen molar-refractivity contribution in [3.63, 3.8) is 0 Å². The number of carbonyl (C=O) groups excluding carboxylic acids is 2. The van der Waals surface area contributed by atoms with Crippen LogP contribution in [-0.2, 0) is 48.2 Å². The number of thiazole rings is 1. The molecule has 0 aliphatic heterocycles. The number of ether oxygens (including phenoxy) is 1. The lowest BCUT2D eigenvalue weighted by molar-refractivity contribution is -0.130. The monoisotopic (exact) mass is 904 g/mol. The van der Waals surface area contributed by atoms with Crippen molar-refractivity contribution in [2.24, 2.45) is 10.7 Å². The van der Waals surface area contributed by atoms with Crippen LogP contribution in [0.2, 0.25) is 0 Å². The Labute approximate surface area is 366 Å². The van der Waals surface area contributed by atoms with E-state index in [1.165, 1.54) is 24.6 Å². The fourth-order valence-electron chi connectivity index (χ4n) is 6.85. The first-order valence-electron chi connectivity index (χ1n) is 19.7. The maximum absolute atomic E-state index is 14.3. The standard InChI is InChI=1S/C43H52N8O8S3/c1-28-23-37(59-4)29(2)30(3)39(28)62(57,58)51-43(44)47-20-12-18-34(38(52)42-46-21-22-60-42)48-40(53)35(25-33-17-11-19-45-26-33)49-41(54)36(24-31-13-7-5-8-14-31)50-61(55,56)27-32-15-9-6-10-16-32/h5-11,13-17,19,21-23,26,34-36,38,50,52H,12,18,20,24-25,27H2,1-4H3,(H,48,53)(H,49,54)(H3,44,47,51)/t34-,35-,36+,38?/m0/s1. The molecule has 0 saturated heterocycles. The van der Waals surface area contributed by atoms with E-state index in [1.807, 2.05) is 0 Å². The van der Waals surface area contributed by atoms with Crippen molar-refractivity contribution in [2.75, 3.05) is 13.7 Å². The van der Waals surface area contributed by atoms with Gasteiger partial charge in [-0.15, -0.1) is 11.3 Å². The number of pyridine rings is 1. The molecule has 0 spiro atoms. The van der Waals surface area contributed by atoms with Crippen molar-refractivity contribution in [1.82, 2.24) is 30.0 Å². The topological polar surface area (TPSA) is 244 Å². The number of nitrogens with zero attached hydrogens (tertiary/aromatic N) is 3. The van der Waals surface area contributed by atoms with Crippen LogP contribution in [0.1, 0.15) is 57.3 Å². The molecule has 0 bridgehead atoms. The number of hydrogen-bond donors (Lipinski definition) is 6. The number of aromatic nitrogens is 2. The van der Waals surface area contributed by atoms with Gasteiger partial charge in [0, 0.05) is 36.9 Å². The molecule has 62 heavy (non-hydrogen) atoms. The van der Waals surface area contributed by atoms with Crippen LogP contribution in [0, 0.1) is 20.8 Å². The number of aliphatic imine (C=N–C) groups is 1. The third kappa shape index (κ3) is 13.4. The molecule has 19 heteroatoms. The van der Waals surface area contributed by atoms with Crippen molar-refractivity contribution >= 4 is 49.2 Å². The largest absolute Gasteiger partial charge is 0.496 e. The molecule has 0 aliphatic carbocycles. The fraction of sp³-hybridized carbons (Fsp3) is 0.326. The molecule has 2 aromatic heterocycles. The van der Waals surface area contributed by atoms with Crippen LogP contribution in [0.3, 0.4) is 0 Å². The highest BCUT2D eigenvalue weighted by Gasteiger charge is 2.32. The minimum absolute atomic E-state index is 0.00787. The van der Waals surface area contributed by atoms with Crippen molar-refractivity contribution in [3.05, 3.63) is 141 Å². The molecule has 5 aromatic rings. The summed E-state index contributed by atoms with van der Waals surface area (Å²) < 4.78 is 63.9. The van der Waals surface area contributed by atoms with Gasteiger partial charge in [0.15, 0.2) is 0 Å². The van der Waals surface area contributed by atoms with E-state index in [2.05, 4.69) is 35.0 Å². The van der Waals surface area contributed by atoms with Crippen molar-refractivity contribution in [2.45, 2.75) is 81.3 Å². The quantitative estimate of drug-likeness (QED) is 0.0354. The number of nitrogens with two attached hydrogens (primary N) is 1. The number of guanidine groups is 1. The van der Waals surface area contributed by atoms with Gasteiger partial charge in [0.25, 0.3) is 10.0 Å². The normalized spacial score (nSPS) is 14.0. The zero-order chi connectivity index (χ0) is 44.9. The van der Waals surface area contributed by atoms with E-state index in [0.717, 1.165) is 0 Å². The predicted molar refractivity (Wildman–Crippen MR) is 238 cm³/mol. The highest BCUT2D eigenvalue weighted by molar-refractivity contribution is 7.90. The van der Waals surface area contributed by atoms with Gasteiger partial charge in [0.1, 0.15) is 28.9 Å². The molecule has 4 atom stereocenters. The third-order valence-electron chi connectivity index (χ3n) is 9.99. The van der Waals surface area contributed by atoms with Gasteiger partial charge in [-0.25, -0.2) is 31.3 Å². The predicted octanol–water partition coefficient (Wildman–Crippen LogP) is 3.52. The van der Waals surface area contributed by atoms with E-state index in [9.17, 15) is 31.5 Å². The molecule has 1 unspecified atom stereocenters. The second-order valence-corrected chi connectivity index (χ2v) is 19.0. The molecule has 0 saturated carbocycles. The minimum atomic E-state index is -4.12. The smallest absolute Gasteiger partial charge is 0.264 e. The SMILES string of the molecule is COc1cc(C)c(S(=O)(=O)NC(N)=NCCC[C@H](NC(=O)[C@H](Cc2cccnc2)NC(=O)[C@@H](Cc2ccccc2)NS(=O)(=O)Cc2ccccc2)C(O)c2nccs2)c(C)c1C. The van der Waals surface area contributed by atoms with Gasteiger partial charge >= 0.3 is 0 Å². The Morgan fingerprint density at radius 2 is 1.50 bits per heavy atom. The summed E-state index contributed by atoms with van der Waals surface area (Å²) in [5, 5.41) is 19.1. The molecule has 2 amide bonds. The number of rotatable bonds is 21. The molecular weight excluding hydrogens is 853 g/mol. The Morgan fingerprint density at radius 3 is 2.13 bits per heavy atom. The van der Waals surface area contributed by atoms with Crippen LogP contribution < -0.4 is 30.5 Å². The van der Waals surface area contributed by atoms with Crippen LogP contribution >= 0.6 is 11.3 Å². The zero-order valence-electron chi connectivity index (χ0n) is 34.8. The number of benzene rings is 3. The number of aliphatic hydroxyl groups excluding tert-OH is 1. The van der Waals surface area contributed by atoms with E-state index in [0.29, 0.717) is 44.1 Å². The van der Waals surface area contributed by atoms with Gasteiger partial charge in [-0.2, -0.15) is 0 Å². The van der Waals surface area contributed by atoms with Crippen LogP contribution in [-0.4, -0.2) is 81.5 Å². The lowest BCUT2D eigenvalue weighted by Gasteiger charge is -2.27. The molecule has 16 nitrogen and oxygen atoms in total. The van der Waals surface area contributed by atoms with Gasteiger partial charge in [-0.1, -0.05) is 66.7 Å². The molecule has 0 aliphatic rings. The van der Waals surface area contributed by atoms with Crippen LogP contribution in [0.25, 0.3) is 0 Å². The average Bonchev–Trinajstić information content (AvgIpc) is 3.78. The number of carbonyl (C=O) groups is 2. The molecule has 0 radical (unpaired) electrons. The summed E-state index contributed by atoms with van der Waals surface area (Å²) in [4.78, 5) is 41.1. The van der Waals surface area contributed by atoms with E-state index in [4.69, 9.17) is 10.5 Å². The van der Waals surface area contributed by atoms with Crippen LogP contribution in [0.15, 0.2) is 113 Å². The molecule has 0 fully saturated rings. The van der Waals surface area contributed by atoms with E-state index >= 15 is 0 Å². The number of amides is 2. The lowest BCUT2D eigenvalue weighted by atomic mass is 10.0. The Morgan fingerprint density at radius 1 is 0.855 bits per heavy atom. The first-order chi connectivity index (χ1) is 29.6. The summed E-state index contributed by atoms with van der Waals surface area (Å²) in [6.45, 7) is 5.11. The average molecular weight is 905 g/mol. The number of aryl methyl sites for hydroxylation is 1. The van der Waals surface area contributed by atoms with E-state index in [-0.39, 0.29) is 48.8 Å². The van der Waals surface area contributed by atoms with E-state index in [1.54, 1.807) is 117 Å². The van der Waals surface area contributed by atoms with Crippen LogP contribution in [0.5, 0.6) is 5.75 Å². The molecular formula is C43H52N8O8S3. The molecule has 2 heterocycles. The van der Waals surface area contributed by atoms with Gasteiger partial charge in [-0.05, 0) is 85.5 Å².